The lowest BCUT2D eigenvalue weighted by molar-refractivity contribution is -0.111. The van der Waals surface area contributed by atoms with Crippen LogP contribution in [0.2, 0.25) is 5.02 Å². The van der Waals surface area contributed by atoms with E-state index < -0.39 is 0 Å². The minimum Gasteiger partial charge on any atom is -0.465 e. The highest BCUT2D eigenvalue weighted by Gasteiger charge is 2.14. The summed E-state index contributed by atoms with van der Waals surface area (Å²) in [5.41, 5.74) is 2.98. The molecule has 0 unspecified atom stereocenters. The first kappa shape index (κ1) is 16.1. The Kier molecular flexibility index (Phi) is 4.82. The fourth-order valence-electron chi connectivity index (χ4n) is 2.37. The third kappa shape index (κ3) is 3.76. The molecule has 1 amide bonds. The zero-order valence-corrected chi connectivity index (χ0v) is 13.9. The van der Waals surface area contributed by atoms with Crippen molar-refractivity contribution in [2.75, 3.05) is 5.32 Å². The van der Waals surface area contributed by atoms with Crippen molar-refractivity contribution in [3.8, 4) is 0 Å². The molecule has 24 heavy (non-hydrogen) atoms. The lowest BCUT2D eigenvalue weighted by Gasteiger charge is -2.11. The van der Waals surface area contributed by atoms with Crippen LogP contribution in [0.15, 0.2) is 71.3 Å². The number of benzene rings is 2. The second kappa shape index (κ2) is 7.20. The van der Waals surface area contributed by atoms with Crippen molar-refractivity contribution in [3.63, 3.8) is 0 Å². The van der Waals surface area contributed by atoms with Crippen LogP contribution in [0.1, 0.15) is 16.9 Å². The first-order chi connectivity index (χ1) is 11.6. The van der Waals surface area contributed by atoms with Crippen LogP contribution in [0.3, 0.4) is 0 Å². The topological polar surface area (TPSA) is 42.2 Å². The van der Waals surface area contributed by atoms with Crippen LogP contribution in [0.4, 0.5) is 5.69 Å². The number of halogens is 1. The summed E-state index contributed by atoms with van der Waals surface area (Å²) >= 11 is 5.97. The van der Waals surface area contributed by atoms with E-state index in [1.54, 1.807) is 30.5 Å². The summed E-state index contributed by atoms with van der Waals surface area (Å²) in [6, 6.07) is 18.4. The van der Waals surface area contributed by atoms with Gasteiger partial charge in [0, 0.05) is 10.7 Å². The quantitative estimate of drug-likeness (QED) is 0.646. The second-order valence-electron chi connectivity index (χ2n) is 5.35. The van der Waals surface area contributed by atoms with Gasteiger partial charge in [0.25, 0.3) is 5.91 Å². The molecule has 3 aromatic rings. The molecule has 0 saturated heterocycles. The van der Waals surface area contributed by atoms with Crippen molar-refractivity contribution >= 4 is 34.8 Å². The van der Waals surface area contributed by atoms with Crippen molar-refractivity contribution in [1.82, 2.24) is 0 Å². The largest absolute Gasteiger partial charge is 0.465 e. The average Bonchev–Trinajstić information content (AvgIpc) is 3.09. The monoisotopic (exact) mass is 337 g/mol. The summed E-state index contributed by atoms with van der Waals surface area (Å²) in [6.07, 6.45) is 3.31. The summed E-state index contributed by atoms with van der Waals surface area (Å²) in [5, 5.41) is 3.58. The molecule has 120 valence electrons. The Hall–Kier alpha value is -2.78. The van der Waals surface area contributed by atoms with E-state index in [4.69, 9.17) is 16.0 Å². The molecule has 1 heterocycles. The Morgan fingerprint density at radius 3 is 2.54 bits per heavy atom. The van der Waals surface area contributed by atoms with Gasteiger partial charge in [-0.2, -0.15) is 0 Å². The number of amides is 1. The van der Waals surface area contributed by atoms with Gasteiger partial charge in [0.15, 0.2) is 0 Å². The Morgan fingerprint density at radius 1 is 1.08 bits per heavy atom. The number of carbonyl (C=O) groups excluding carboxylic acids is 1. The van der Waals surface area contributed by atoms with E-state index in [2.05, 4.69) is 5.32 Å². The number of furan rings is 1. The Bertz CT molecular complexity index is 868. The molecule has 2 aromatic carbocycles. The summed E-state index contributed by atoms with van der Waals surface area (Å²) in [4.78, 5) is 12.8. The second-order valence-corrected chi connectivity index (χ2v) is 5.79. The normalized spacial score (nSPS) is 11.3. The highest BCUT2D eigenvalue weighted by molar-refractivity contribution is 6.31. The van der Waals surface area contributed by atoms with Gasteiger partial charge in [0.1, 0.15) is 5.76 Å². The summed E-state index contributed by atoms with van der Waals surface area (Å²) < 4.78 is 5.35. The van der Waals surface area contributed by atoms with Crippen LogP contribution >= 0.6 is 11.6 Å². The molecule has 0 saturated carbocycles. The van der Waals surface area contributed by atoms with E-state index in [-0.39, 0.29) is 5.91 Å². The van der Waals surface area contributed by atoms with E-state index in [1.165, 1.54) is 0 Å². The van der Waals surface area contributed by atoms with E-state index in [0.29, 0.717) is 16.4 Å². The number of hydrogen-bond acceptors (Lipinski definition) is 2. The fourth-order valence-corrected chi connectivity index (χ4v) is 2.60. The smallest absolute Gasteiger partial charge is 0.256 e. The lowest BCUT2D eigenvalue weighted by Crippen LogP contribution is -2.14. The number of rotatable bonds is 4. The summed E-state index contributed by atoms with van der Waals surface area (Å²) in [7, 11) is 0. The van der Waals surface area contributed by atoms with Crippen LogP contribution in [0.5, 0.6) is 0 Å². The third-order valence-electron chi connectivity index (χ3n) is 3.60. The van der Waals surface area contributed by atoms with Gasteiger partial charge in [-0.15, -0.1) is 0 Å². The molecule has 0 spiro atoms. The number of hydrogen-bond donors (Lipinski definition) is 1. The third-order valence-corrected chi connectivity index (χ3v) is 3.83. The zero-order valence-electron chi connectivity index (χ0n) is 13.1. The van der Waals surface area contributed by atoms with E-state index in [9.17, 15) is 4.79 Å². The number of anilines is 1. The maximum absolute atomic E-state index is 12.8. The highest BCUT2D eigenvalue weighted by Crippen LogP contribution is 2.24. The molecule has 0 aliphatic heterocycles. The summed E-state index contributed by atoms with van der Waals surface area (Å²) in [6.45, 7) is 1.90. The molecular weight excluding hydrogens is 322 g/mol. The molecule has 0 aliphatic rings. The minimum absolute atomic E-state index is 0.206. The number of nitrogens with one attached hydrogen (secondary N) is 1. The molecule has 4 heteroatoms. The van der Waals surface area contributed by atoms with Gasteiger partial charge in [-0.3, -0.25) is 4.79 Å². The maximum atomic E-state index is 12.8. The number of aryl methyl sites for hydroxylation is 1. The first-order valence-electron chi connectivity index (χ1n) is 7.51. The van der Waals surface area contributed by atoms with Crippen molar-refractivity contribution < 1.29 is 9.21 Å². The molecule has 1 N–H and O–H groups in total. The molecular formula is C20H16ClNO2. The molecule has 3 rings (SSSR count). The summed E-state index contributed by atoms with van der Waals surface area (Å²) in [5.74, 6) is 0.417. The van der Waals surface area contributed by atoms with Crippen LogP contribution in [0, 0.1) is 6.92 Å². The van der Waals surface area contributed by atoms with Gasteiger partial charge < -0.3 is 9.73 Å². The molecule has 0 bridgehead atoms. The van der Waals surface area contributed by atoms with Gasteiger partial charge in [-0.1, -0.05) is 41.9 Å². The Labute approximate surface area is 145 Å². The van der Waals surface area contributed by atoms with Crippen molar-refractivity contribution in [2.24, 2.45) is 0 Å². The van der Waals surface area contributed by atoms with Gasteiger partial charge in [-0.25, -0.2) is 0 Å². The highest BCUT2D eigenvalue weighted by atomic mass is 35.5. The Balaban J connectivity index is 1.95. The predicted octanol–water partition coefficient (Wildman–Crippen LogP) is 5.42. The SMILES string of the molecule is Cc1cc(Cl)ccc1NC(=O)/C(=C/c1ccco1)c1ccccc1. The van der Waals surface area contributed by atoms with E-state index >= 15 is 0 Å². The zero-order chi connectivity index (χ0) is 16.9. The standard InChI is InChI=1S/C20H16ClNO2/c1-14-12-16(21)9-10-19(14)22-20(23)18(13-17-8-5-11-24-17)15-6-3-2-4-7-15/h2-13H,1H3,(H,22,23)/b18-13+. The number of carbonyl (C=O) groups is 1. The molecule has 0 atom stereocenters. The van der Waals surface area contributed by atoms with Crippen molar-refractivity contribution in [3.05, 3.63) is 88.8 Å². The molecule has 1 aromatic heterocycles. The minimum atomic E-state index is -0.206. The average molecular weight is 338 g/mol. The van der Waals surface area contributed by atoms with Crippen molar-refractivity contribution in [1.29, 1.82) is 0 Å². The first-order valence-corrected chi connectivity index (χ1v) is 7.89. The lowest BCUT2D eigenvalue weighted by atomic mass is 10.0. The molecule has 3 nitrogen and oxygen atoms in total. The fraction of sp³-hybridized carbons (Fsp3) is 0.0500. The maximum Gasteiger partial charge on any atom is 0.256 e. The molecule has 0 aliphatic carbocycles. The van der Waals surface area contributed by atoms with Crippen LogP contribution in [-0.2, 0) is 4.79 Å². The van der Waals surface area contributed by atoms with Crippen LogP contribution in [-0.4, -0.2) is 5.91 Å². The van der Waals surface area contributed by atoms with Gasteiger partial charge in [-0.05, 0) is 54.5 Å². The van der Waals surface area contributed by atoms with Crippen LogP contribution < -0.4 is 5.32 Å². The van der Waals surface area contributed by atoms with Crippen LogP contribution in [0.25, 0.3) is 11.6 Å². The van der Waals surface area contributed by atoms with Gasteiger partial charge in [0.2, 0.25) is 0 Å². The molecule has 0 radical (unpaired) electrons. The molecule has 0 fully saturated rings. The van der Waals surface area contributed by atoms with E-state index in [1.807, 2.05) is 49.4 Å². The van der Waals surface area contributed by atoms with E-state index in [0.717, 1.165) is 16.8 Å². The predicted molar refractivity (Wildman–Crippen MR) is 97.8 cm³/mol. The van der Waals surface area contributed by atoms with Gasteiger partial charge >= 0.3 is 0 Å². The van der Waals surface area contributed by atoms with Crippen molar-refractivity contribution in [2.45, 2.75) is 6.92 Å². The Morgan fingerprint density at radius 2 is 1.88 bits per heavy atom. The van der Waals surface area contributed by atoms with Gasteiger partial charge in [0.05, 0.1) is 11.8 Å².